The number of carbonyl (C=O) groups excluding carboxylic acids is 2. The Hall–Kier alpha value is -2.37. The standard InChI is InChI=1S/C22H21Cl2N3O6S/c23-14-9-15(24)11-16(10-14)27-21(28)13-18(22(27)29)25-3-5-26(6-4-25)34(30,31)17-1-2-19-20(12-17)33-8-7-32-19/h1-2,9-12,18H,3-8,13H2. The van der Waals surface area contributed by atoms with Crippen LogP contribution in [0.3, 0.4) is 0 Å². The maximum absolute atomic E-state index is 13.2. The van der Waals surface area contributed by atoms with E-state index in [1.807, 2.05) is 4.90 Å². The van der Waals surface area contributed by atoms with Crippen molar-refractivity contribution in [3.63, 3.8) is 0 Å². The third-order valence-corrected chi connectivity index (χ3v) is 8.42. The largest absolute Gasteiger partial charge is 0.486 e. The van der Waals surface area contributed by atoms with Gasteiger partial charge in [-0.25, -0.2) is 13.3 Å². The van der Waals surface area contributed by atoms with Crippen LogP contribution in [-0.4, -0.2) is 74.9 Å². The van der Waals surface area contributed by atoms with E-state index in [0.717, 1.165) is 4.90 Å². The Morgan fingerprint density at radius 1 is 0.853 bits per heavy atom. The van der Waals surface area contributed by atoms with Gasteiger partial charge in [0.25, 0.3) is 5.91 Å². The van der Waals surface area contributed by atoms with Crippen LogP contribution in [0.25, 0.3) is 0 Å². The lowest BCUT2D eigenvalue weighted by atomic mass is 10.2. The molecular weight excluding hydrogens is 505 g/mol. The fraction of sp³-hybridized carbons (Fsp3) is 0.364. The van der Waals surface area contributed by atoms with E-state index in [2.05, 4.69) is 0 Å². The van der Waals surface area contributed by atoms with E-state index in [0.29, 0.717) is 53.5 Å². The van der Waals surface area contributed by atoms with Crippen LogP contribution in [0.5, 0.6) is 11.5 Å². The maximum atomic E-state index is 13.2. The van der Waals surface area contributed by atoms with Crippen molar-refractivity contribution in [3.8, 4) is 11.5 Å². The number of carbonyl (C=O) groups is 2. The van der Waals surface area contributed by atoms with E-state index in [4.69, 9.17) is 32.7 Å². The topological polar surface area (TPSA) is 96.5 Å². The number of rotatable bonds is 4. The smallest absolute Gasteiger partial charge is 0.251 e. The van der Waals surface area contributed by atoms with Crippen LogP contribution >= 0.6 is 23.2 Å². The zero-order valence-corrected chi connectivity index (χ0v) is 20.3. The van der Waals surface area contributed by atoms with Crippen molar-refractivity contribution in [2.24, 2.45) is 0 Å². The zero-order valence-electron chi connectivity index (χ0n) is 17.9. The molecule has 2 aromatic carbocycles. The van der Waals surface area contributed by atoms with Crippen molar-refractivity contribution in [1.29, 1.82) is 0 Å². The average Bonchev–Trinajstić information content (AvgIpc) is 3.12. The second-order valence-corrected chi connectivity index (χ2v) is 11.0. The molecule has 2 amide bonds. The molecule has 1 unspecified atom stereocenters. The summed E-state index contributed by atoms with van der Waals surface area (Å²) in [6.45, 7) is 1.80. The molecule has 0 N–H and O–H groups in total. The Labute approximate surface area is 206 Å². The molecule has 0 aromatic heterocycles. The van der Waals surface area contributed by atoms with Gasteiger partial charge in [0.15, 0.2) is 11.5 Å². The van der Waals surface area contributed by atoms with Gasteiger partial charge in [-0.3, -0.25) is 14.5 Å². The number of sulfonamides is 1. The molecule has 0 radical (unpaired) electrons. The second-order valence-electron chi connectivity index (χ2n) is 8.16. The first kappa shape index (κ1) is 23.4. The number of fused-ring (bicyclic) bond motifs is 1. The fourth-order valence-electron chi connectivity index (χ4n) is 4.43. The van der Waals surface area contributed by atoms with Gasteiger partial charge in [0.2, 0.25) is 15.9 Å². The molecule has 12 heteroatoms. The minimum absolute atomic E-state index is 0.0118. The first-order valence-corrected chi connectivity index (χ1v) is 12.9. The maximum Gasteiger partial charge on any atom is 0.251 e. The number of halogens is 2. The molecule has 0 aliphatic carbocycles. The van der Waals surface area contributed by atoms with Crippen LogP contribution in [0.4, 0.5) is 5.69 Å². The van der Waals surface area contributed by atoms with Gasteiger partial charge < -0.3 is 9.47 Å². The van der Waals surface area contributed by atoms with Gasteiger partial charge in [-0.2, -0.15) is 4.31 Å². The number of hydrogen-bond acceptors (Lipinski definition) is 7. The Bertz CT molecular complexity index is 1240. The molecule has 0 saturated carbocycles. The SMILES string of the molecule is O=C1CC(N2CCN(S(=O)(=O)c3ccc4c(c3)OCCO4)CC2)C(=O)N1c1cc(Cl)cc(Cl)c1. The molecule has 1 atom stereocenters. The quantitative estimate of drug-likeness (QED) is 0.565. The Kier molecular flexibility index (Phi) is 6.19. The zero-order chi connectivity index (χ0) is 24.0. The fourth-order valence-corrected chi connectivity index (χ4v) is 6.38. The highest BCUT2D eigenvalue weighted by atomic mass is 35.5. The molecule has 0 spiro atoms. The third kappa shape index (κ3) is 4.25. The Morgan fingerprint density at radius 3 is 2.18 bits per heavy atom. The van der Waals surface area contributed by atoms with Crippen LogP contribution in [0.2, 0.25) is 10.0 Å². The minimum Gasteiger partial charge on any atom is -0.486 e. The van der Waals surface area contributed by atoms with Crippen molar-refractivity contribution in [1.82, 2.24) is 9.21 Å². The summed E-state index contributed by atoms with van der Waals surface area (Å²) < 4.78 is 38.7. The summed E-state index contributed by atoms with van der Waals surface area (Å²) in [5, 5.41) is 0.647. The van der Waals surface area contributed by atoms with Gasteiger partial charge >= 0.3 is 0 Å². The summed E-state index contributed by atoms with van der Waals surface area (Å²) in [5.74, 6) is 0.207. The van der Waals surface area contributed by atoms with E-state index in [1.165, 1.54) is 34.6 Å². The van der Waals surface area contributed by atoms with E-state index < -0.39 is 16.1 Å². The molecule has 3 heterocycles. The molecule has 34 heavy (non-hydrogen) atoms. The molecule has 3 aliphatic rings. The molecule has 5 rings (SSSR count). The van der Waals surface area contributed by atoms with E-state index in [9.17, 15) is 18.0 Å². The summed E-state index contributed by atoms with van der Waals surface area (Å²) in [6, 6.07) is 8.47. The Balaban J connectivity index is 1.28. The van der Waals surface area contributed by atoms with Gasteiger partial charge in [0.1, 0.15) is 13.2 Å². The predicted octanol–water partition coefficient (Wildman–Crippen LogP) is 2.40. The lowest BCUT2D eigenvalue weighted by molar-refractivity contribution is -0.123. The summed E-state index contributed by atoms with van der Waals surface area (Å²) in [6.07, 6.45) is 0.0118. The number of amides is 2. The number of hydrogen-bond donors (Lipinski definition) is 0. The van der Waals surface area contributed by atoms with Crippen LogP contribution in [0.15, 0.2) is 41.3 Å². The molecule has 2 fully saturated rings. The molecular formula is C22H21Cl2N3O6S. The number of ether oxygens (including phenoxy) is 2. The number of anilines is 1. The van der Waals surface area contributed by atoms with Crippen molar-refractivity contribution in [2.75, 3.05) is 44.3 Å². The third-order valence-electron chi connectivity index (χ3n) is 6.09. The highest BCUT2D eigenvalue weighted by Crippen LogP contribution is 2.34. The number of piperazine rings is 1. The van der Waals surface area contributed by atoms with Crippen LogP contribution in [-0.2, 0) is 19.6 Å². The summed E-state index contributed by atoms with van der Waals surface area (Å²) >= 11 is 12.1. The summed E-state index contributed by atoms with van der Waals surface area (Å²) in [5.41, 5.74) is 0.329. The normalized spacial score (nSPS) is 21.8. The van der Waals surface area contributed by atoms with Crippen molar-refractivity contribution >= 4 is 50.7 Å². The van der Waals surface area contributed by atoms with Crippen LogP contribution < -0.4 is 14.4 Å². The number of nitrogens with zero attached hydrogens (tertiary/aromatic N) is 3. The van der Waals surface area contributed by atoms with Gasteiger partial charge in [0, 0.05) is 42.3 Å². The molecule has 9 nitrogen and oxygen atoms in total. The highest BCUT2D eigenvalue weighted by molar-refractivity contribution is 7.89. The predicted molar refractivity (Wildman–Crippen MR) is 125 cm³/mol. The first-order valence-electron chi connectivity index (χ1n) is 10.7. The lowest BCUT2D eigenvalue weighted by Gasteiger charge is -2.36. The van der Waals surface area contributed by atoms with E-state index >= 15 is 0 Å². The second kappa shape index (κ2) is 9.01. The van der Waals surface area contributed by atoms with E-state index in [1.54, 1.807) is 6.07 Å². The molecule has 180 valence electrons. The molecule has 2 saturated heterocycles. The van der Waals surface area contributed by atoms with Gasteiger partial charge in [-0.15, -0.1) is 0 Å². The van der Waals surface area contributed by atoms with Gasteiger partial charge in [-0.05, 0) is 30.3 Å². The van der Waals surface area contributed by atoms with Crippen LogP contribution in [0.1, 0.15) is 6.42 Å². The van der Waals surface area contributed by atoms with Crippen molar-refractivity contribution < 1.29 is 27.5 Å². The summed E-state index contributed by atoms with van der Waals surface area (Å²) in [4.78, 5) is 28.8. The number of benzene rings is 2. The van der Waals surface area contributed by atoms with E-state index in [-0.39, 0.29) is 36.2 Å². The highest BCUT2D eigenvalue weighted by Gasteiger charge is 2.44. The monoisotopic (exact) mass is 525 g/mol. The Morgan fingerprint density at radius 2 is 1.50 bits per heavy atom. The van der Waals surface area contributed by atoms with Gasteiger partial charge in [0.05, 0.1) is 23.0 Å². The van der Waals surface area contributed by atoms with Gasteiger partial charge in [-0.1, -0.05) is 23.2 Å². The van der Waals surface area contributed by atoms with Crippen molar-refractivity contribution in [3.05, 3.63) is 46.4 Å². The average molecular weight is 526 g/mol. The summed E-state index contributed by atoms with van der Waals surface area (Å²) in [7, 11) is -3.75. The van der Waals surface area contributed by atoms with Crippen LogP contribution in [0, 0.1) is 0 Å². The number of imide groups is 1. The molecule has 0 bridgehead atoms. The molecule has 2 aromatic rings. The lowest BCUT2D eigenvalue weighted by Crippen LogP contribution is -2.53. The molecule has 3 aliphatic heterocycles. The van der Waals surface area contributed by atoms with Crippen molar-refractivity contribution in [2.45, 2.75) is 17.4 Å². The first-order chi connectivity index (χ1) is 16.2. The minimum atomic E-state index is -3.75.